The SMILES string of the molecule is CC1CCC(C(F)(F)F)C(C)C1. The fourth-order valence-electron chi connectivity index (χ4n) is 2.15. The van der Waals surface area contributed by atoms with Gasteiger partial charge in [-0.2, -0.15) is 13.2 Å². The van der Waals surface area contributed by atoms with Crippen LogP contribution in [0, 0.1) is 17.8 Å². The Hall–Kier alpha value is -0.210. The summed E-state index contributed by atoms with van der Waals surface area (Å²) in [5, 5.41) is 0. The number of rotatable bonds is 0. The molecule has 1 saturated carbocycles. The Morgan fingerprint density at radius 1 is 1.08 bits per heavy atom. The molecule has 0 N–H and O–H groups in total. The van der Waals surface area contributed by atoms with Gasteiger partial charge in [0.1, 0.15) is 0 Å². The van der Waals surface area contributed by atoms with E-state index in [1.54, 1.807) is 6.92 Å². The van der Waals surface area contributed by atoms with Crippen molar-refractivity contribution in [1.82, 2.24) is 0 Å². The molecule has 0 nitrogen and oxygen atoms in total. The smallest absolute Gasteiger partial charge is 0.171 e. The van der Waals surface area contributed by atoms with Crippen molar-refractivity contribution in [1.29, 1.82) is 0 Å². The van der Waals surface area contributed by atoms with Gasteiger partial charge in [-0.1, -0.05) is 20.3 Å². The zero-order valence-electron chi connectivity index (χ0n) is 7.49. The quantitative estimate of drug-likeness (QED) is 0.534. The highest BCUT2D eigenvalue weighted by Gasteiger charge is 2.44. The average Bonchev–Trinajstić information content (AvgIpc) is 1.83. The number of halogens is 3. The van der Waals surface area contributed by atoms with E-state index in [2.05, 4.69) is 0 Å². The third-order valence-electron chi connectivity index (χ3n) is 2.85. The van der Waals surface area contributed by atoms with Gasteiger partial charge in [0.15, 0.2) is 0 Å². The lowest BCUT2D eigenvalue weighted by Gasteiger charge is -2.33. The van der Waals surface area contributed by atoms with Crippen LogP contribution in [-0.2, 0) is 0 Å². The maximum absolute atomic E-state index is 12.3. The van der Waals surface area contributed by atoms with Crippen LogP contribution in [0.4, 0.5) is 13.2 Å². The van der Waals surface area contributed by atoms with Crippen LogP contribution in [0.3, 0.4) is 0 Å². The summed E-state index contributed by atoms with van der Waals surface area (Å²) >= 11 is 0. The molecule has 3 atom stereocenters. The van der Waals surface area contributed by atoms with Crippen molar-refractivity contribution in [3.8, 4) is 0 Å². The van der Waals surface area contributed by atoms with Crippen molar-refractivity contribution < 1.29 is 13.2 Å². The van der Waals surface area contributed by atoms with E-state index < -0.39 is 12.1 Å². The third-order valence-corrected chi connectivity index (χ3v) is 2.85. The normalized spacial score (nSPS) is 38.2. The maximum atomic E-state index is 12.3. The molecule has 0 heterocycles. The third kappa shape index (κ3) is 2.14. The van der Waals surface area contributed by atoms with Crippen LogP contribution in [0.1, 0.15) is 33.1 Å². The predicted molar refractivity (Wildman–Crippen MR) is 41.7 cm³/mol. The Morgan fingerprint density at radius 3 is 2.08 bits per heavy atom. The van der Waals surface area contributed by atoms with Crippen molar-refractivity contribution >= 4 is 0 Å². The molecule has 0 radical (unpaired) electrons. The highest BCUT2D eigenvalue weighted by Crippen LogP contribution is 2.42. The van der Waals surface area contributed by atoms with E-state index in [9.17, 15) is 13.2 Å². The Kier molecular flexibility index (Phi) is 2.69. The van der Waals surface area contributed by atoms with Gasteiger partial charge in [-0.3, -0.25) is 0 Å². The van der Waals surface area contributed by atoms with Gasteiger partial charge < -0.3 is 0 Å². The van der Waals surface area contributed by atoms with Crippen molar-refractivity contribution in [3.63, 3.8) is 0 Å². The highest BCUT2D eigenvalue weighted by atomic mass is 19.4. The number of hydrogen-bond donors (Lipinski definition) is 0. The molecule has 1 aliphatic rings. The topological polar surface area (TPSA) is 0 Å². The predicted octanol–water partition coefficient (Wildman–Crippen LogP) is 3.62. The zero-order valence-corrected chi connectivity index (χ0v) is 7.49. The fraction of sp³-hybridized carbons (Fsp3) is 1.00. The van der Waals surface area contributed by atoms with Gasteiger partial charge in [0.25, 0.3) is 0 Å². The van der Waals surface area contributed by atoms with Crippen LogP contribution in [0.5, 0.6) is 0 Å². The molecule has 1 fully saturated rings. The first-order chi connectivity index (χ1) is 5.41. The van der Waals surface area contributed by atoms with Gasteiger partial charge in [0, 0.05) is 0 Å². The Morgan fingerprint density at radius 2 is 1.67 bits per heavy atom. The average molecular weight is 180 g/mol. The largest absolute Gasteiger partial charge is 0.392 e. The van der Waals surface area contributed by atoms with E-state index in [1.807, 2.05) is 6.92 Å². The molecular formula is C9H15F3. The van der Waals surface area contributed by atoms with Crippen LogP contribution in [0.2, 0.25) is 0 Å². The molecular weight excluding hydrogens is 165 g/mol. The Balaban J connectivity index is 2.57. The van der Waals surface area contributed by atoms with E-state index in [1.165, 1.54) is 0 Å². The summed E-state index contributed by atoms with van der Waals surface area (Å²) in [5.41, 5.74) is 0. The summed E-state index contributed by atoms with van der Waals surface area (Å²) in [5.74, 6) is -0.763. The van der Waals surface area contributed by atoms with E-state index in [-0.39, 0.29) is 5.92 Å². The van der Waals surface area contributed by atoms with Gasteiger partial charge >= 0.3 is 6.18 Å². The second-order valence-electron chi connectivity index (χ2n) is 4.04. The van der Waals surface area contributed by atoms with Crippen LogP contribution in [-0.4, -0.2) is 6.18 Å². The Bertz CT molecular complexity index is 150. The minimum absolute atomic E-state index is 0.186. The highest BCUT2D eigenvalue weighted by molar-refractivity contribution is 4.80. The molecule has 0 aliphatic heterocycles. The molecule has 0 aromatic heterocycles. The van der Waals surface area contributed by atoms with Gasteiger partial charge in [0.05, 0.1) is 5.92 Å². The van der Waals surface area contributed by atoms with Gasteiger partial charge in [0.2, 0.25) is 0 Å². The maximum Gasteiger partial charge on any atom is 0.392 e. The van der Waals surface area contributed by atoms with Crippen LogP contribution >= 0.6 is 0 Å². The molecule has 3 unspecified atom stereocenters. The lowest BCUT2D eigenvalue weighted by molar-refractivity contribution is -0.196. The zero-order chi connectivity index (χ0) is 9.35. The van der Waals surface area contributed by atoms with E-state index in [4.69, 9.17) is 0 Å². The molecule has 0 spiro atoms. The van der Waals surface area contributed by atoms with Crippen molar-refractivity contribution in [2.24, 2.45) is 17.8 Å². The summed E-state index contributed by atoms with van der Waals surface area (Å²) in [6.45, 7) is 3.75. The van der Waals surface area contributed by atoms with Crippen LogP contribution in [0.15, 0.2) is 0 Å². The van der Waals surface area contributed by atoms with Crippen LogP contribution in [0.25, 0.3) is 0 Å². The van der Waals surface area contributed by atoms with Crippen molar-refractivity contribution in [2.75, 3.05) is 0 Å². The molecule has 0 amide bonds. The molecule has 0 bridgehead atoms. The molecule has 1 aliphatic carbocycles. The summed E-state index contributed by atoms with van der Waals surface area (Å²) in [7, 11) is 0. The molecule has 12 heavy (non-hydrogen) atoms. The lowest BCUT2D eigenvalue weighted by atomic mass is 9.75. The second kappa shape index (κ2) is 3.27. The minimum atomic E-state index is -3.97. The molecule has 0 saturated heterocycles. The number of hydrogen-bond acceptors (Lipinski definition) is 0. The monoisotopic (exact) mass is 180 g/mol. The van der Waals surface area contributed by atoms with Crippen molar-refractivity contribution in [3.05, 3.63) is 0 Å². The molecule has 72 valence electrons. The van der Waals surface area contributed by atoms with E-state index in [0.29, 0.717) is 12.3 Å². The van der Waals surface area contributed by atoms with Crippen molar-refractivity contribution in [2.45, 2.75) is 39.3 Å². The standard InChI is InChI=1S/C9H15F3/c1-6-3-4-8(7(2)5-6)9(10,11)12/h6-8H,3-5H2,1-2H3. The van der Waals surface area contributed by atoms with Gasteiger partial charge in [-0.25, -0.2) is 0 Å². The molecule has 0 aromatic rings. The minimum Gasteiger partial charge on any atom is -0.171 e. The first-order valence-corrected chi connectivity index (χ1v) is 4.48. The molecule has 0 aromatic carbocycles. The summed E-state index contributed by atoms with van der Waals surface area (Å²) in [4.78, 5) is 0. The molecule has 3 heteroatoms. The van der Waals surface area contributed by atoms with Gasteiger partial charge in [-0.05, 0) is 24.7 Å². The summed E-state index contributed by atoms with van der Waals surface area (Å²) in [6.07, 6.45) is -2.19. The first-order valence-electron chi connectivity index (χ1n) is 4.48. The number of alkyl halides is 3. The first kappa shape index (κ1) is 9.87. The molecule has 1 rings (SSSR count). The van der Waals surface area contributed by atoms with E-state index in [0.717, 1.165) is 12.8 Å². The second-order valence-corrected chi connectivity index (χ2v) is 4.04. The summed E-state index contributed by atoms with van der Waals surface area (Å²) < 4.78 is 37.0. The van der Waals surface area contributed by atoms with E-state index >= 15 is 0 Å². The van der Waals surface area contributed by atoms with Crippen LogP contribution < -0.4 is 0 Å². The van der Waals surface area contributed by atoms with Gasteiger partial charge in [-0.15, -0.1) is 0 Å². The Labute approximate surface area is 71.1 Å². The lowest BCUT2D eigenvalue weighted by Crippen LogP contribution is -2.33. The fourth-order valence-corrected chi connectivity index (χ4v) is 2.15. The summed E-state index contributed by atoms with van der Waals surface area (Å²) in [6, 6.07) is 0.